The number of nitrogens with zero attached hydrogens (tertiary/aromatic N) is 6. The second-order valence-electron chi connectivity index (χ2n) is 11.5. The van der Waals surface area contributed by atoms with Gasteiger partial charge in [-0.1, -0.05) is 18.5 Å². The van der Waals surface area contributed by atoms with Crippen LogP contribution >= 0.6 is 57.3 Å². The predicted octanol–water partition coefficient (Wildman–Crippen LogP) is 5.71. The Hall–Kier alpha value is -1.40. The first-order valence-electron chi connectivity index (χ1n) is 14.6. The van der Waals surface area contributed by atoms with E-state index in [9.17, 15) is 14.1 Å². The fourth-order valence-corrected chi connectivity index (χ4v) is 8.06. The van der Waals surface area contributed by atoms with Gasteiger partial charge in [-0.3, -0.25) is 4.79 Å². The molecule has 0 aliphatic carbocycles. The van der Waals surface area contributed by atoms with Crippen LogP contribution in [0.25, 0.3) is 5.65 Å². The maximum Gasteiger partial charge on any atom is 0.256 e. The molecule has 2 N–H and O–H groups in total. The van der Waals surface area contributed by atoms with Crippen molar-refractivity contribution in [2.45, 2.75) is 70.1 Å². The van der Waals surface area contributed by atoms with Crippen molar-refractivity contribution in [3.8, 4) is 0 Å². The summed E-state index contributed by atoms with van der Waals surface area (Å²) in [5.41, 5.74) is 3.41. The molecule has 0 spiro atoms. The topological polar surface area (TPSA) is 106 Å². The number of hydrogen-bond donors (Lipinski definition) is 2. The number of piperidine rings is 1. The minimum atomic E-state index is -2.61. The van der Waals surface area contributed by atoms with Gasteiger partial charge in [-0.15, -0.1) is 0 Å². The summed E-state index contributed by atoms with van der Waals surface area (Å²) in [4.78, 5) is 23.1. The number of fused-ring (bicyclic) bond motifs is 1. The number of aliphatic hydroxyl groups is 1. The van der Waals surface area contributed by atoms with Crippen molar-refractivity contribution in [1.82, 2.24) is 20.8 Å². The molecule has 0 saturated carbocycles. The number of halogens is 3. The molecule has 1 amide bonds. The predicted molar refractivity (Wildman–Crippen MR) is 192 cm³/mol. The first kappa shape index (κ1) is 33.0. The lowest BCUT2D eigenvalue weighted by atomic mass is 9.98. The van der Waals surface area contributed by atoms with Crippen molar-refractivity contribution in [2.75, 3.05) is 35.5 Å². The molecule has 1 aromatic carbocycles. The van der Waals surface area contributed by atoms with E-state index in [1.165, 1.54) is 6.26 Å². The van der Waals surface area contributed by atoms with Gasteiger partial charge in [0.25, 0.3) is 5.91 Å². The van der Waals surface area contributed by atoms with E-state index < -0.39 is 9.71 Å². The van der Waals surface area contributed by atoms with Gasteiger partial charge in [-0.25, -0.2) is 13.7 Å². The summed E-state index contributed by atoms with van der Waals surface area (Å²) in [5.74, 6) is 4.35. The molecule has 2 aliphatic heterocycles. The van der Waals surface area contributed by atoms with Gasteiger partial charge < -0.3 is 19.6 Å². The molecule has 4 atom stereocenters. The highest BCUT2D eigenvalue weighted by molar-refractivity contribution is 14.2. The number of benzene rings is 1. The van der Waals surface area contributed by atoms with Crippen molar-refractivity contribution in [3.05, 3.63) is 52.3 Å². The zero-order valence-corrected chi connectivity index (χ0v) is 30.3. The fourth-order valence-electron chi connectivity index (χ4n) is 5.90. The Labute approximate surface area is 286 Å². The number of aliphatic hydroxyl groups excluding tert-OH is 1. The first-order valence-corrected chi connectivity index (χ1v) is 19.0. The molecular weight excluding hydrogens is 816 g/mol. The molecular formula is C29H38ClI2N7O3S. The highest BCUT2D eigenvalue weighted by Crippen LogP contribution is 2.35. The van der Waals surface area contributed by atoms with E-state index in [0.717, 1.165) is 74.3 Å². The van der Waals surface area contributed by atoms with Crippen LogP contribution in [-0.4, -0.2) is 80.0 Å². The number of likely N-dealkylation sites (tertiary alicyclic amines) is 1. The van der Waals surface area contributed by atoms with Crippen molar-refractivity contribution in [3.63, 3.8) is 0 Å². The van der Waals surface area contributed by atoms with Gasteiger partial charge >= 0.3 is 0 Å². The van der Waals surface area contributed by atoms with Crippen molar-refractivity contribution in [1.29, 1.82) is 0 Å². The van der Waals surface area contributed by atoms with Crippen molar-refractivity contribution < 1.29 is 14.1 Å². The maximum atomic E-state index is 14.1. The van der Waals surface area contributed by atoms with E-state index in [1.54, 1.807) is 18.2 Å². The number of rotatable bonds is 10. The smallest absolute Gasteiger partial charge is 0.256 e. The summed E-state index contributed by atoms with van der Waals surface area (Å²) in [7, 11) is -2.61. The number of hydrogen-bond acceptors (Lipinski definition) is 7. The largest absolute Gasteiger partial charge is 0.391 e. The standard InChI is InChI=1S/C29H38ClI2N7O3S/c1-4-20(39(31)32)9-10-21-16-27(36-14-12-22(40)18-36)33-28-17-25(34-38(21)28)26-7-5-6-13-37(26)29(41)23-15-19(30)8-11-24(23)35-43(2,3)42/h8,11,15-17,20,22,26,40H,2,4-7,9-10,12-14,18H2,1,3H3,(H,35,42)/t20?,22-,26+,43?/m1/s1. The molecule has 5 rings (SSSR count). The molecule has 4 heterocycles. The lowest BCUT2D eigenvalue weighted by Crippen LogP contribution is -2.39. The fraction of sp³-hybridized carbons (Fsp3) is 0.517. The molecule has 2 aromatic heterocycles. The van der Waals surface area contributed by atoms with Crippen LogP contribution < -0.4 is 9.62 Å². The van der Waals surface area contributed by atoms with Gasteiger partial charge in [0.15, 0.2) is 5.65 Å². The number of carbonyl (C=O) groups excluding carboxylic acids is 1. The number of aromatic nitrogens is 3. The molecule has 43 heavy (non-hydrogen) atoms. The minimum absolute atomic E-state index is 0.190. The molecule has 0 radical (unpaired) electrons. The molecule has 14 heteroatoms. The summed E-state index contributed by atoms with van der Waals surface area (Å²) < 4.78 is 19.5. The molecule has 234 valence electrons. The third-order valence-corrected chi connectivity index (χ3v) is 10.6. The Morgan fingerprint density at radius 2 is 2.05 bits per heavy atom. The van der Waals surface area contributed by atoms with Crippen LogP contribution in [0, 0.1) is 0 Å². The number of anilines is 2. The normalized spacial score (nSPS) is 21.4. The molecule has 10 nitrogen and oxygen atoms in total. The van der Waals surface area contributed by atoms with Gasteiger partial charge in [-0.05, 0) is 69.0 Å². The summed E-state index contributed by atoms with van der Waals surface area (Å²) in [6.45, 7) is 4.10. The third-order valence-electron chi connectivity index (χ3n) is 8.12. The van der Waals surface area contributed by atoms with E-state index in [1.807, 2.05) is 15.5 Å². The Balaban J connectivity index is 1.52. The molecule has 3 aromatic rings. The van der Waals surface area contributed by atoms with Crippen LogP contribution in [0.2, 0.25) is 5.02 Å². The second-order valence-corrected chi connectivity index (χ2v) is 18.1. The molecule has 2 saturated heterocycles. The quantitative estimate of drug-likeness (QED) is 0.153. The van der Waals surface area contributed by atoms with Crippen molar-refractivity contribution in [2.24, 2.45) is 0 Å². The number of β-amino-alcohol motifs (C(OH)–C–C–N with tert-alkyl or cyclic N) is 1. The van der Waals surface area contributed by atoms with E-state index >= 15 is 0 Å². The lowest BCUT2D eigenvalue weighted by Gasteiger charge is -2.35. The Kier molecular flexibility index (Phi) is 10.7. The van der Waals surface area contributed by atoms with Crippen LogP contribution in [0.3, 0.4) is 0 Å². The third kappa shape index (κ3) is 7.88. The first-order chi connectivity index (χ1) is 20.4. The zero-order valence-electron chi connectivity index (χ0n) is 24.4. The molecule has 0 bridgehead atoms. The highest BCUT2D eigenvalue weighted by Gasteiger charge is 2.33. The average Bonchev–Trinajstić information content (AvgIpc) is 3.59. The van der Waals surface area contributed by atoms with E-state index in [-0.39, 0.29) is 18.1 Å². The molecule has 2 aliphatic rings. The summed E-state index contributed by atoms with van der Waals surface area (Å²) in [5, 5.41) is 15.7. The van der Waals surface area contributed by atoms with Crippen LogP contribution in [0.4, 0.5) is 11.5 Å². The summed E-state index contributed by atoms with van der Waals surface area (Å²) in [6, 6.07) is 9.25. The van der Waals surface area contributed by atoms with E-state index in [4.69, 9.17) is 21.7 Å². The van der Waals surface area contributed by atoms with Gasteiger partial charge in [0.1, 0.15) is 5.82 Å². The van der Waals surface area contributed by atoms with Crippen LogP contribution in [0.15, 0.2) is 30.3 Å². The van der Waals surface area contributed by atoms with Gasteiger partial charge in [-0.2, -0.15) is 6.43 Å². The zero-order chi connectivity index (χ0) is 30.9. The Morgan fingerprint density at radius 3 is 2.72 bits per heavy atom. The second kappa shape index (κ2) is 13.9. The van der Waals surface area contributed by atoms with E-state index in [2.05, 4.69) is 75.5 Å². The molecule has 2 fully saturated rings. The summed E-state index contributed by atoms with van der Waals surface area (Å²) in [6.07, 6.45) is 7.32. The van der Waals surface area contributed by atoms with Crippen LogP contribution in [0.1, 0.15) is 73.2 Å². The highest BCUT2D eigenvalue weighted by atomic mass is 127. The van der Waals surface area contributed by atoms with Crippen molar-refractivity contribution >= 4 is 96.0 Å². The lowest BCUT2D eigenvalue weighted by molar-refractivity contribution is 0.0606. The Bertz CT molecular complexity index is 1590. The summed E-state index contributed by atoms with van der Waals surface area (Å²) >= 11 is 11.0. The minimum Gasteiger partial charge on any atom is -0.391 e. The monoisotopic (exact) mass is 853 g/mol. The SMILES string of the molecule is C=S(C)(=O)Nc1ccc(Cl)cc1C(=O)N1CCCC[C@H]1c1cc2nc(N3CC[C@@H](O)C3)cc(CCC(CC)N(I)I)n2n1. The van der Waals surface area contributed by atoms with Crippen LogP contribution in [-0.2, 0) is 16.1 Å². The number of aryl methyl sites for hydroxylation is 1. The molecule has 2 unspecified atom stereocenters. The average molecular weight is 854 g/mol. The van der Waals surface area contributed by atoms with Gasteiger partial charge in [0.2, 0.25) is 0 Å². The Morgan fingerprint density at radius 1 is 1.26 bits per heavy atom. The number of nitrogens with one attached hydrogen (secondary N) is 1. The van der Waals surface area contributed by atoms with E-state index in [0.29, 0.717) is 35.4 Å². The van der Waals surface area contributed by atoms with Crippen LogP contribution in [0.5, 0.6) is 0 Å². The van der Waals surface area contributed by atoms with Gasteiger partial charge in [0.05, 0.1) is 29.1 Å². The number of carbonyl (C=O) groups is 1. The number of amides is 1. The maximum absolute atomic E-state index is 14.1. The van der Waals surface area contributed by atoms with Gasteiger partial charge in [0, 0.05) is 110 Å².